The Kier molecular flexibility index (Phi) is 7.18. The highest BCUT2D eigenvalue weighted by Crippen LogP contribution is 2.27. The molecule has 0 aromatic heterocycles. The summed E-state index contributed by atoms with van der Waals surface area (Å²) in [5.74, 6) is -7.94. The first-order chi connectivity index (χ1) is 10.6. The lowest BCUT2D eigenvalue weighted by Gasteiger charge is -2.36. The van der Waals surface area contributed by atoms with E-state index in [0.29, 0.717) is 6.07 Å². The maximum absolute atomic E-state index is 13.8. The predicted molar refractivity (Wildman–Crippen MR) is 80.8 cm³/mol. The average Bonchev–Trinajstić information content (AvgIpc) is 2.46. The zero-order chi connectivity index (χ0) is 17.8. The Balaban J connectivity index is 3.02. The third-order valence-electron chi connectivity index (χ3n) is 3.02. The van der Waals surface area contributed by atoms with E-state index in [1.165, 1.54) is 0 Å². The average molecular weight is 354 g/mol. The summed E-state index contributed by atoms with van der Waals surface area (Å²) in [4.78, 5) is 0. The van der Waals surface area contributed by atoms with Crippen molar-refractivity contribution >= 4 is 10.5 Å². The second-order valence-corrected chi connectivity index (χ2v) is 6.09. The summed E-state index contributed by atoms with van der Waals surface area (Å²) in [6, 6.07) is 0.635. The van der Waals surface area contributed by atoms with E-state index >= 15 is 0 Å². The largest absolute Gasteiger partial charge is 0.380 e. The van der Waals surface area contributed by atoms with Crippen LogP contribution in [0.1, 0.15) is 39.7 Å². The third-order valence-corrected chi connectivity index (χ3v) is 3.64. The van der Waals surface area contributed by atoms with Gasteiger partial charge in [0.15, 0.2) is 33.8 Å². The zero-order valence-electron chi connectivity index (χ0n) is 13.9. The molecule has 0 amide bonds. The molecule has 0 unspecified atom stereocenters. The minimum absolute atomic E-state index is 0.00823. The van der Waals surface area contributed by atoms with Gasteiger partial charge in [-0.2, -0.15) is 0 Å². The molecule has 0 heterocycles. The van der Waals surface area contributed by atoms with E-state index in [9.17, 15) is 17.6 Å². The second-order valence-electron chi connectivity index (χ2n) is 5.68. The molecule has 1 aromatic carbocycles. The molecule has 0 radical (unpaired) electrons. The van der Waals surface area contributed by atoms with Crippen LogP contribution < -0.4 is 0 Å². The van der Waals surface area contributed by atoms with Crippen LogP contribution in [0.5, 0.6) is 0 Å². The fourth-order valence-electron chi connectivity index (χ4n) is 2.15. The van der Waals surface area contributed by atoms with Gasteiger partial charge in [0.1, 0.15) is 0 Å². The molecular weight excluding hydrogens is 332 g/mol. The molecule has 0 atom stereocenters. The molecule has 0 saturated carbocycles. The van der Waals surface area contributed by atoms with Gasteiger partial charge in [-0.1, -0.05) is 0 Å². The van der Waals surface area contributed by atoms with Gasteiger partial charge < -0.3 is 13.9 Å². The fourth-order valence-corrected chi connectivity index (χ4v) is 2.55. The van der Waals surface area contributed by atoms with E-state index in [-0.39, 0.29) is 41.1 Å². The molecule has 0 saturated heterocycles. The van der Waals surface area contributed by atoms with Gasteiger partial charge in [-0.3, -0.25) is 0 Å². The Labute approximate surface area is 136 Å². The topological polar surface area (TPSA) is 27.7 Å². The van der Waals surface area contributed by atoms with Gasteiger partial charge >= 0.3 is 0 Å². The Morgan fingerprint density at radius 1 is 0.957 bits per heavy atom. The smallest absolute Gasteiger partial charge is 0.273 e. The predicted octanol–water partition coefficient (Wildman–Crippen LogP) is 2.98. The van der Waals surface area contributed by atoms with E-state index in [4.69, 9.17) is 13.9 Å². The molecule has 0 fully saturated rings. The summed E-state index contributed by atoms with van der Waals surface area (Å²) >= 11 is 0. The number of benzene rings is 1. The summed E-state index contributed by atoms with van der Waals surface area (Å²) in [7, 11) is 0.275. The molecule has 0 aliphatic carbocycles. The van der Waals surface area contributed by atoms with E-state index < -0.39 is 29.2 Å². The van der Waals surface area contributed by atoms with Crippen molar-refractivity contribution in [2.45, 2.75) is 58.7 Å². The van der Waals surface area contributed by atoms with Crippen molar-refractivity contribution in [1.29, 1.82) is 0 Å². The maximum Gasteiger partial charge on any atom is 0.273 e. The lowest BCUT2D eigenvalue weighted by Crippen LogP contribution is -2.43. The Hall–Kier alpha value is -0.963. The van der Waals surface area contributed by atoms with Crippen molar-refractivity contribution in [1.82, 2.24) is 0 Å². The van der Waals surface area contributed by atoms with Gasteiger partial charge in [0.25, 0.3) is 5.97 Å². The minimum Gasteiger partial charge on any atom is -0.380 e. The van der Waals surface area contributed by atoms with Gasteiger partial charge in [-0.05, 0) is 45.7 Å². The first kappa shape index (κ1) is 20.1. The van der Waals surface area contributed by atoms with Crippen molar-refractivity contribution < 1.29 is 31.5 Å². The molecule has 0 aliphatic rings. The number of aryl methyl sites for hydroxylation is 1. The number of hydrogen-bond acceptors (Lipinski definition) is 3. The van der Waals surface area contributed by atoms with Crippen LogP contribution in [-0.2, 0) is 20.3 Å². The second kappa shape index (κ2) is 8.23. The van der Waals surface area contributed by atoms with Gasteiger partial charge in [-0.25, -0.2) is 17.6 Å². The van der Waals surface area contributed by atoms with Crippen molar-refractivity contribution in [2.75, 3.05) is 0 Å². The van der Waals surface area contributed by atoms with Crippen LogP contribution in [0.15, 0.2) is 6.07 Å². The number of hydrogen-bond donors (Lipinski definition) is 0. The lowest BCUT2D eigenvalue weighted by atomic mass is 10.1. The van der Waals surface area contributed by atoms with E-state index in [1.54, 1.807) is 27.7 Å². The normalized spacial score (nSPS) is 12.6. The Morgan fingerprint density at radius 3 is 1.91 bits per heavy atom. The zero-order valence-corrected chi connectivity index (χ0v) is 15.9. The highest BCUT2D eigenvalue weighted by molar-refractivity contribution is 5.98. The van der Waals surface area contributed by atoms with Crippen LogP contribution in [0, 0.1) is 23.3 Å². The molecule has 8 heteroatoms. The summed E-state index contributed by atoms with van der Waals surface area (Å²) in [6.45, 7) is 7.10. The molecule has 0 bridgehead atoms. The van der Waals surface area contributed by atoms with Crippen LogP contribution in [0.4, 0.5) is 17.6 Å². The van der Waals surface area contributed by atoms with Crippen molar-refractivity contribution in [3.05, 3.63) is 34.9 Å². The number of halogens is 4. The van der Waals surface area contributed by atoms with Gasteiger partial charge in [-0.15, -0.1) is 0 Å². The first-order valence-corrected chi connectivity index (χ1v) is 8.16. The van der Waals surface area contributed by atoms with E-state index in [0.717, 1.165) is 0 Å². The lowest BCUT2D eigenvalue weighted by molar-refractivity contribution is -0.368. The third kappa shape index (κ3) is 5.27. The van der Waals surface area contributed by atoms with Gasteiger partial charge in [0, 0.05) is 6.42 Å². The van der Waals surface area contributed by atoms with Crippen molar-refractivity contribution in [3.63, 3.8) is 0 Å². The maximum atomic E-state index is 13.8. The van der Waals surface area contributed by atoms with Crippen LogP contribution in [0.25, 0.3) is 0 Å². The molecule has 0 N–H and O–H groups in total. The summed E-state index contributed by atoms with van der Waals surface area (Å²) < 4.78 is 70.0. The molecule has 0 aliphatic heterocycles. The minimum atomic E-state index is -1.83. The Bertz CT molecular complexity index is 528. The SMILES string of the molecule is CC(C)OC(CCc1cc(F)c(F)c(F)c1F)(O[SiH3])OC(C)C. The molecule has 3 nitrogen and oxygen atoms in total. The fraction of sp³-hybridized carbons (Fsp3) is 0.600. The molecule has 132 valence electrons. The quantitative estimate of drug-likeness (QED) is 0.236. The standard InChI is InChI=1S/C15H22F4O3Si/c1-8(2)20-15(22-23,21-9(3)4)6-5-10-7-11(16)13(18)14(19)12(10)17/h7-9H,5-6H2,1-4,23H3. The van der Waals surface area contributed by atoms with Gasteiger partial charge in [0.2, 0.25) is 0 Å². The molecule has 1 aromatic rings. The highest BCUT2D eigenvalue weighted by Gasteiger charge is 2.34. The summed E-state index contributed by atoms with van der Waals surface area (Å²) in [5.41, 5.74) is -0.302. The first-order valence-electron chi connectivity index (χ1n) is 7.34. The monoisotopic (exact) mass is 354 g/mol. The molecule has 23 heavy (non-hydrogen) atoms. The van der Waals surface area contributed by atoms with Crippen LogP contribution >= 0.6 is 0 Å². The van der Waals surface area contributed by atoms with Crippen LogP contribution in [-0.4, -0.2) is 28.7 Å². The van der Waals surface area contributed by atoms with Gasteiger partial charge in [0.05, 0.1) is 12.2 Å². The highest BCUT2D eigenvalue weighted by atomic mass is 28.2. The molecule has 1 rings (SSSR count). The summed E-state index contributed by atoms with van der Waals surface area (Å²) in [5, 5.41) is 0. The molecule has 0 spiro atoms. The van der Waals surface area contributed by atoms with Crippen molar-refractivity contribution in [2.24, 2.45) is 0 Å². The van der Waals surface area contributed by atoms with Crippen LogP contribution in [0.3, 0.4) is 0 Å². The van der Waals surface area contributed by atoms with Crippen LogP contribution in [0.2, 0.25) is 0 Å². The number of ether oxygens (including phenoxy) is 2. The molecular formula is C15H22F4O3Si. The Morgan fingerprint density at radius 2 is 1.48 bits per heavy atom. The van der Waals surface area contributed by atoms with E-state index in [2.05, 4.69) is 0 Å². The van der Waals surface area contributed by atoms with Crippen molar-refractivity contribution in [3.8, 4) is 0 Å². The van der Waals surface area contributed by atoms with E-state index in [1.807, 2.05) is 0 Å². The summed E-state index contributed by atoms with van der Waals surface area (Å²) in [6.07, 6.45) is -0.612. The number of rotatable bonds is 8.